The van der Waals surface area contributed by atoms with Crippen molar-refractivity contribution in [1.29, 1.82) is 0 Å². The Kier molecular flexibility index (Phi) is 3.70. The van der Waals surface area contributed by atoms with Crippen molar-refractivity contribution in [3.8, 4) is 17.0 Å². The number of hydrogen-bond donors (Lipinski definition) is 2. The topological polar surface area (TPSA) is 79.0 Å². The monoisotopic (exact) mass is 366 g/mol. The van der Waals surface area contributed by atoms with Crippen LogP contribution < -0.4 is 15.0 Å². The van der Waals surface area contributed by atoms with E-state index in [0.29, 0.717) is 22.9 Å². The summed E-state index contributed by atoms with van der Waals surface area (Å²) in [7, 11) is 1.44. The van der Waals surface area contributed by atoms with Gasteiger partial charge >= 0.3 is 0 Å². The molecule has 0 spiro atoms. The van der Waals surface area contributed by atoms with E-state index in [1.807, 2.05) is 12.1 Å². The number of anilines is 3. The minimum atomic E-state index is -0.414. The average molecular weight is 366 g/mol. The second-order valence-corrected chi connectivity index (χ2v) is 7.04. The number of halogens is 1. The lowest BCUT2D eigenvalue weighted by Crippen LogP contribution is -2.24. The third-order valence-electron chi connectivity index (χ3n) is 5.20. The molecular weight excluding hydrogens is 347 g/mol. The minimum absolute atomic E-state index is 0.213. The maximum Gasteiger partial charge on any atom is 0.227 e. The molecule has 138 valence electrons. The van der Waals surface area contributed by atoms with Gasteiger partial charge in [-0.1, -0.05) is 0 Å². The summed E-state index contributed by atoms with van der Waals surface area (Å²) in [5.41, 5.74) is 1.39. The van der Waals surface area contributed by atoms with Crippen molar-refractivity contribution in [2.75, 3.05) is 30.4 Å². The van der Waals surface area contributed by atoms with Crippen molar-refractivity contribution in [1.82, 2.24) is 20.2 Å². The molecule has 1 aliphatic heterocycles. The molecule has 8 heteroatoms. The molecule has 2 aliphatic rings. The molecule has 2 N–H and O–H groups in total. The Labute approximate surface area is 155 Å². The van der Waals surface area contributed by atoms with Gasteiger partial charge in [-0.05, 0) is 42.5 Å². The van der Waals surface area contributed by atoms with Gasteiger partial charge in [-0.2, -0.15) is 10.1 Å². The summed E-state index contributed by atoms with van der Waals surface area (Å²) >= 11 is 0. The zero-order chi connectivity index (χ0) is 18.4. The average Bonchev–Trinajstić information content (AvgIpc) is 3.06. The molecule has 2 aromatic heterocycles. The van der Waals surface area contributed by atoms with Crippen molar-refractivity contribution in [2.24, 2.45) is 11.8 Å². The van der Waals surface area contributed by atoms with Crippen LogP contribution in [0.1, 0.15) is 6.42 Å². The summed E-state index contributed by atoms with van der Waals surface area (Å²) in [5.74, 6) is 3.48. The fourth-order valence-corrected chi connectivity index (χ4v) is 3.63. The summed E-state index contributed by atoms with van der Waals surface area (Å²) in [4.78, 5) is 11.2. The van der Waals surface area contributed by atoms with Crippen LogP contribution in [0.15, 0.2) is 36.5 Å². The molecule has 27 heavy (non-hydrogen) atoms. The number of nitrogens with one attached hydrogen (secondary N) is 2. The molecule has 0 bridgehead atoms. The second-order valence-electron chi connectivity index (χ2n) is 7.04. The zero-order valence-electron chi connectivity index (χ0n) is 14.8. The van der Waals surface area contributed by atoms with E-state index in [4.69, 9.17) is 4.74 Å². The van der Waals surface area contributed by atoms with Gasteiger partial charge in [0.2, 0.25) is 5.95 Å². The number of rotatable bonds is 5. The third kappa shape index (κ3) is 3.07. The van der Waals surface area contributed by atoms with E-state index < -0.39 is 5.82 Å². The molecule has 2 fully saturated rings. The van der Waals surface area contributed by atoms with Crippen molar-refractivity contribution >= 4 is 17.6 Å². The number of aromatic nitrogens is 4. The van der Waals surface area contributed by atoms with Crippen molar-refractivity contribution in [2.45, 2.75) is 6.42 Å². The van der Waals surface area contributed by atoms with E-state index in [1.54, 1.807) is 18.3 Å². The quantitative estimate of drug-likeness (QED) is 0.722. The largest absolute Gasteiger partial charge is 0.494 e. The van der Waals surface area contributed by atoms with E-state index in [2.05, 4.69) is 30.4 Å². The predicted octanol–water partition coefficient (Wildman–Crippen LogP) is 3.21. The Morgan fingerprint density at radius 3 is 2.81 bits per heavy atom. The van der Waals surface area contributed by atoms with Crippen LogP contribution in [0.2, 0.25) is 0 Å². The number of hydrogen-bond acceptors (Lipinski definition) is 6. The number of aromatic amines is 1. The highest BCUT2D eigenvalue weighted by atomic mass is 19.1. The molecule has 1 saturated carbocycles. The van der Waals surface area contributed by atoms with Crippen LogP contribution in [0.4, 0.5) is 22.0 Å². The molecule has 1 aromatic carbocycles. The Balaban J connectivity index is 1.32. The van der Waals surface area contributed by atoms with Crippen LogP contribution >= 0.6 is 0 Å². The lowest BCUT2D eigenvalue weighted by molar-refractivity contribution is 0.386. The number of fused-ring (bicyclic) bond motifs is 1. The molecule has 0 amide bonds. The number of nitrogens with zero attached hydrogens (tertiary/aromatic N) is 4. The first-order valence-electron chi connectivity index (χ1n) is 8.94. The Morgan fingerprint density at radius 1 is 1.19 bits per heavy atom. The van der Waals surface area contributed by atoms with Gasteiger partial charge in [-0.15, -0.1) is 0 Å². The van der Waals surface area contributed by atoms with Crippen molar-refractivity contribution < 1.29 is 9.13 Å². The van der Waals surface area contributed by atoms with Crippen LogP contribution in [0.3, 0.4) is 0 Å². The van der Waals surface area contributed by atoms with Crippen LogP contribution in [0, 0.1) is 17.7 Å². The smallest absolute Gasteiger partial charge is 0.227 e. The first-order chi connectivity index (χ1) is 13.2. The summed E-state index contributed by atoms with van der Waals surface area (Å²) in [6.07, 6.45) is 3.09. The highest BCUT2D eigenvalue weighted by Gasteiger charge is 2.45. The maximum absolute atomic E-state index is 13.9. The van der Waals surface area contributed by atoms with Crippen molar-refractivity contribution in [3.05, 3.63) is 42.3 Å². The van der Waals surface area contributed by atoms with Gasteiger partial charge in [0.05, 0.1) is 12.8 Å². The normalized spacial score (nSPS) is 20.4. The summed E-state index contributed by atoms with van der Waals surface area (Å²) in [5, 5.41) is 10.3. The fourth-order valence-electron chi connectivity index (χ4n) is 3.63. The zero-order valence-corrected chi connectivity index (χ0v) is 14.8. The highest BCUT2D eigenvalue weighted by molar-refractivity contribution is 5.66. The van der Waals surface area contributed by atoms with Gasteiger partial charge in [0, 0.05) is 30.9 Å². The Bertz CT molecular complexity index is 980. The highest BCUT2D eigenvalue weighted by Crippen LogP contribution is 2.45. The lowest BCUT2D eigenvalue weighted by Gasteiger charge is -2.17. The van der Waals surface area contributed by atoms with Crippen LogP contribution in [-0.4, -0.2) is 40.4 Å². The molecule has 2 atom stereocenters. The van der Waals surface area contributed by atoms with Crippen LogP contribution in [0.5, 0.6) is 5.75 Å². The van der Waals surface area contributed by atoms with Crippen molar-refractivity contribution in [3.63, 3.8) is 0 Å². The standard InChI is InChI=1S/C19H19FN6O/c1-27-16-3-2-11(7-14(16)20)15-8-18(25-24-15)22-17-4-5-21-19(23-17)26-9-12-6-13(12)10-26/h2-5,7-8,12-13H,6,9-10H2,1H3,(H2,21,22,23,24,25). The second kappa shape index (κ2) is 6.22. The molecule has 0 radical (unpaired) electrons. The molecule has 5 rings (SSSR count). The molecule has 3 aromatic rings. The number of piperidine rings is 1. The van der Waals surface area contributed by atoms with Crippen LogP contribution in [0.25, 0.3) is 11.3 Å². The number of benzene rings is 1. The van der Waals surface area contributed by atoms with Gasteiger partial charge in [-0.3, -0.25) is 5.10 Å². The van der Waals surface area contributed by atoms with E-state index in [1.165, 1.54) is 19.6 Å². The van der Waals surface area contributed by atoms with Gasteiger partial charge in [0.15, 0.2) is 17.4 Å². The van der Waals surface area contributed by atoms with Gasteiger partial charge < -0.3 is 15.0 Å². The van der Waals surface area contributed by atoms with E-state index in [9.17, 15) is 4.39 Å². The molecule has 3 heterocycles. The first kappa shape index (κ1) is 16.0. The third-order valence-corrected chi connectivity index (χ3v) is 5.20. The fraction of sp³-hybridized carbons (Fsp3) is 0.316. The minimum Gasteiger partial charge on any atom is -0.494 e. The summed E-state index contributed by atoms with van der Waals surface area (Å²) in [6, 6.07) is 8.41. The molecule has 1 saturated heterocycles. The molecule has 1 aliphatic carbocycles. The SMILES string of the molecule is COc1ccc(-c2cc(Nc3ccnc(N4CC5CC5C4)n3)n[nH]2)cc1F. The Hall–Kier alpha value is -3.16. The maximum atomic E-state index is 13.9. The molecular formula is C19H19FN6O. The Morgan fingerprint density at radius 2 is 2.04 bits per heavy atom. The van der Waals surface area contributed by atoms with E-state index in [-0.39, 0.29) is 5.75 Å². The van der Waals surface area contributed by atoms with E-state index >= 15 is 0 Å². The van der Waals surface area contributed by atoms with Crippen LogP contribution in [-0.2, 0) is 0 Å². The van der Waals surface area contributed by atoms with Gasteiger partial charge in [-0.25, -0.2) is 9.37 Å². The summed E-state index contributed by atoms with van der Waals surface area (Å²) < 4.78 is 18.9. The number of methoxy groups -OCH3 is 1. The predicted molar refractivity (Wildman–Crippen MR) is 99.7 cm³/mol. The lowest BCUT2D eigenvalue weighted by atomic mass is 10.1. The molecule has 7 nitrogen and oxygen atoms in total. The van der Waals surface area contributed by atoms with E-state index in [0.717, 1.165) is 30.9 Å². The molecule has 2 unspecified atom stereocenters. The number of H-pyrrole nitrogens is 1. The van der Waals surface area contributed by atoms with Gasteiger partial charge in [0.25, 0.3) is 0 Å². The van der Waals surface area contributed by atoms with Gasteiger partial charge in [0.1, 0.15) is 5.82 Å². The first-order valence-corrected chi connectivity index (χ1v) is 8.94. The summed E-state index contributed by atoms with van der Waals surface area (Å²) in [6.45, 7) is 2.09. The number of ether oxygens (including phenoxy) is 1.